The van der Waals surface area contributed by atoms with Crippen LogP contribution < -0.4 is 4.90 Å². The number of nitrogens with zero attached hydrogens (tertiary/aromatic N) is 2. The first-order valence-corrected chi connectivity index (χ1v) is 20.8. The summed E-state index contributed by atoms with van der Waals surface area (Å²) in [5.74, 6) is 0. The maximum absolute atomic E-state index is 2.59. The predicted octanol–water partition coefficient (Wildman–Crippen LogP) is 15.2. The van der Waals surface area contributed by atoms with Gasteiger partial charge in [-0.2, -0.15) is 0 Å². The highest BCUT2D eigenvalue weighted by molar-refractivity contribution is 7.26. The summed E-state index contributed by atoms with van der Waals surface area (Å²) >= 11 is 1.90. The molecule has 0 spiro atoms. The molecule has 0 amide bonds. The van der Waals surface area contributed by atoms with Gasteiger partial charge in [0.15, 0.2) is 0 Å². The van der Waals surface area contributed by atoms with Crippen LogP contribution in [-0.2, 0) is 10.8 Å². The number of anilines is 3. The highest BCUT2D eigenvalue weighted by Crippen LogP contribution is 2.59. The highest BCUT2D eigenvalue weighted by Gasteiger charge is 2.42. The van der Waals surface area contributed by atoms with Crippen LogP contribution in [-0.4, -0.2) is 4.57 Å². The second-order valence-electron chi connectivity index (χ2n) is 16.9. The van der Waals surface area contributed by atoms with E-state index in [1.165, 1.54) is 109 Å². The molecule has 0 saturated heterocycles. The van der Waals surface area contributed by atoms with E-state index >= 15 is 0 Å². The summed E-state index contributed by atoms with van der Waals surface area (Å²) in [7, 11) is 0. The van der Waals surface area contributed by atoms with Crippen molar-refractivity contribution in [2.24, 2.45) is 0 Å². The number of para-hydroxylation sites is 2. The van der Waals surface area contributed by atoms with Gasteiger partial charge < -0.3 is 9.47 Å². The minimum atomic E-state index is -0.268. The van der Waals surface area contributed by atoms with Gasteiger partial charge in [-0.05, 0) is 111 Å². The number of thiophene rings is 1. The Morgan fingerprint density at radius 3 is 1.95 bits per heavy atom. The predicted molar refractivity (Wildman–Crippen MR) is 243 cm³/mol. The lowest BCUT2D eigenvalue weighted by Crippen LogP contribution is -2.31. The summed E-state index contributed by atoms with van der Waals surface area (Å²) in [6, 6.07) is 63.6. The molecule has 57 heavy (non-hydrogen) atoms. The SMILES string of the molecule is CC1(C)c2ccccc2-c2cc3c(cc21)N(c1cccc2c1sc1ccccc12)c1ccc(-c2ccc4c(c2)c2ccccc2n4-c2ccccc2)cc1C3(C)C. The molecule has 8 aromatic carbocycles. The molecule has 1 aliphatic heterocycles. The maximum atomic E-state index is 2.59. The minimum absolute atomic E-state index is 0.104. The summed E-state index contributed by atoms with van der Waals surface area (Å²) in [4.78, 5) is 2.59. The van der Waals surface area contributed by atoms with Crippen LogP contribution in [0.25, 0.3) is 69.9 Å². The Kier molecular flexibility index (Phi) is 6.65. The fraction of sp³-hybridized carbons (Fsp3) is 0.111. The Hall–Kier alpha value is -6.42. The van der Waals surface area contributed by atoms with Crippen LogP contribution in [0.1, 0.15) is 49.9 Å². The second-order valence-corrected chi connectivity index (χ2v) is 18.0. The number of hydrogen-bond donors (Lipinski definition) is 0. The molecule has 272 valence electrons. The molecule has 0 saturated carbocycles. The summed E-state index contributed by atoms with van der Waals surface area (Å²) in [5, 5.41) is 5.17. The van der Waals surface area contributed by atoms with Crippen LogP contribution in [0, 0.1) is 0 Å². The topological polar surface area (TPSA) is 8.17 Å². The Labute approximate surface area is 336 Å². The fourth-order valence-corrected chi connectivity index (χ4v) is 11.5. The number of hydrogen-bond acceptors (Lipinski definition) is 2. The van der Waals surface area contributed by atoms with E-state index < -0.39 is 0 Å². The first-order valence-electron chi connectivity index (χ1n) is 20.0. The lowest BCUT2D eigenvalue weighted by Gasteiger charge is -2.43. The van der Waals surface area contributed by atoms with E-state index in [4.69, 9.17) is 0 Å². The van der Waals surface area contributed by atoms with Gasteiger partial charge in [-0.25, -0.2) is 0 Å². The molecule has 10 aromatic rings. The Bertz CT molecular complexity index is 3300. The first kappa shape index (κ1) is 32.8. The Balaban J connectivity index is 1.10. The van der Waals surface area contributed by atoms with E-state index in [2.05, 4.69) is 207 Å². The van der Waals surface area contributed by atoms with Crippen molar-refractivity contribution >= 4 is 70.4 Å². The lowest BCUT2D eigenvalue weighted by molar-refractivity contribution is 0.628. The summed E-state index contributed by atoms with van der Waals surface area (Å²) in [6.45, 7) is 9.65. The number of aromatic nitrogens is 1. The van der Waals surface area contributed by atoms with Crippen molar-refractivity contribution in [1.29, 1.82) is 0 Å². The molecule has 2 aliphatic rings. The largest absolute Gasteiger partial charge is 0.309 e. The van der Waals surface area contributed by atoms with Crippen molar-refractivity contribution < 1.29 is 0 Å². The molecule has 0 unspecified atom stereocenters. The van der Waals surface area contributed by atoms with Crippen molar-refractivity contribution in [2.75, 3.05) is 4.90 Å². The molecule has 0 fully saturated rings. The van der Waals surface area contributed by atoms with Crippen molar-refractivity contribution in [3.63, 3.8) is 0 Å². The third-order valence-electron chi connectivity index (χ3n) is 13.2. The maximum Gasteiger partial charge on any atom is 0.0640 e. The van der Waals surface area contributed by atoms with Crippen LogP contribution in [0.5, 0.6) is 0 Å². The van der Waals surface area contributed by atoms with Gasteiger partial charge in [0.25, 0.3) is 0 Å². The molecule has 3 heteroatoms. The van der Waals surface area contributed by atoms with Crippen LogP contribution >= 0.6 is 11.3 Å². The third-order valence-corrected chi connectivity index (χ3v) is 14.4. The average molecular weight is 749 g/mol. The molecular formula is C54H40N2S. The van der Waals surface area contributed by atoms with Crippen LogP contribution in [0.15, 0.2) is 170 Å². The molecule has 0 N–H and O–H groups in total. The molecule has 12 rings (SSSR count). The van der Waals surface area contributed by atoms with E-state index in [1.807, 2.05) is 11.3 Å². The summed E-state index contributed by atoms with van der Waals surface area (Å²) in [5.41, 5.74) is 17.7. The standard InChI is InChI=1S/C54H40N2S/c1-53(2)42-21-11-8-17-36(42)40-31-45-50(32-43(40)53)56(49-23-14-20-39-38-19-10-13-24-51(38)57-52(39)49)48-28-26-34(30-44(48)54(45,3)4)33-25-27-47-41(29-33)37-18-9-12-22-46(37)55(47)35-15-6-5-7-16-35/h5-32H,1-4H3. The van der Waals surface area contributed by atoms with Crippen LogP contribution in [0.2, 0.25) is 0 Å². The van der Waals surface area contributed by atoms with Gasteiger partial charge in [-0.3, -0.25) is 0 Å². The van der Waals surface area contributed by atoms with Gasteiger partial charge in [0, 0.05) is 42.8 Å². The zero-order chi connectivity index (χ0) is 38.2. The number of rotatable bonds is 3. The molecule has 2 nitrogen and oxygen atoms in total. The van der Waals surface area contributed by atoms with Crippen molar-refractivity contribution in [3.05, 3.63) is 192 Å². The van der Waals surface area contributed by atoms with E-state index in [9.17, 15) is 0 Å². The molecule has 2 aromatic heterocycles. The zero-order valence-electron chi connectivity index (χ0n) is 32.5. The minimum Gasteiger partial charge on any atom is -0.309 e. The van der Waals surface area contributed by atoms with Crippen molar-refractivity contribution in [2.45, 2.75) is 38.5 Å². The number of fused-ring (bicyclic) bond motifs is 11. The van der Waals surface area contributed by atoms with E-state index in [-0.39, 0.29) is 10.8 Å². The number of benzene rings is 8. The Morgan fingerprint density at radius 2 is 1.07 bits per heavy atom. The van der Waals surface area contributed by atoms with Gasteiger partial charge in [0.05, 0.1) is 32.8 Å². The smallest absolute Gasteiger partial charge is 0.0640 e. The van der Waals surface area contributed by atoms with Gasteiger partial charge in [0.1, 0.15) is 0 Å². The quantitative estimate of drug-likeness (QED) is 0.175. The highest BCUT2D eigenvalue weighted by atomic mass is 32.1. The first-order chi connectivity index (χ1) is 27.8. The fourth-order valence-electron chi connectivity index (χ4n) is 10.3. The third kappa shape index (κ3) is 4.46. The average Bonchev–Trinajstić information content (AvgIpc) is 3.86. The molecule has 1 aliphatic carbocycles. The van der Waals surface area contributed by atoms with E-state index in [0.717, 1.165) is 0 Å². The molecule has 0 bridgehead atoms. The lowest BCUT2D eigenvalue weighted by atomic mass is 9.71. The van der Waals surface area contributed by atoms with E-state index in [1.54, 1.807) is 0 Å². The van der Waals surface area contributed by atoms with Gasteiger partial charge >= 0.3 is 0 Å². The molecular weight excluding hydrogens is 709 g/mol. The van der Waals surface area contributed by atoms with E-state index in [0.29, 0.717) is 0 Å². The van der Waals surface area contributed by atoms with Crippen molar-refractivity contribution in [1.82, 2.24) is 4.57 Å². The molecule has 0 atom stereocenters. The zero-order valence-corrected chi connectivity index (χ0v) is 33.3. The molecule has 0 radical (unpaired) electrons. The normalized spacial score (nSPS) is 14.9. The van der Waals surface area contributed by atoms with Crippen molar-refractivity contribution in [3.8, 4) is 27.9 Å². The summed E-state index contributed by atoms with van der Waals surface area (Å²) < 4.78 is 5.04. The van der Waals surface area contributed by atoms with Gasteiger partial charge in [0.2, 0.25) is 0 Å². The van der Waals surface area contributed by atoms with Gasteiger partial charge in [-0.1, -0.05) is 131 Å². The summed E-state index contributed by atoms with van der Waals surface area (Å²) in [6.07, 6.45) is 0. The Morgan fingerprint density at radius 1 is 0.404 bits per heavy atom. The van der Waals surface area contributed by atoms with Gasteiger partial charge in [-0.15, -0.1) is 11.3 Å². The van der Waals surface area contributed by atoms with Crippen LogP contribution in [0.4, 0.5) is 17.1 Å². The second kappa shape index (κ2) is 11.6. The van der Waals surface area contributed by atoms with Crippen LogP contribution in [0.3, 0.4) is 0 Å². The monoisotopic (exact) mass is 748 g/mol. The molecule has 3 heterocycles.